The highest BCUT2D eigenvalue weighted by Crippen LogP contribution is 2.22. The van der Waals surface area contributed by atoms with Gasteiger partial charge >= 0.3 is 0 Å². The van der Waals surface area contributed by atoms with E-state index in [-0.39, 0.29) is 11.7 Å². The summed E-state index contributed by atoms with van der Waals surface area (Å²) in [7, 11) is 0. The third kappa shape index (κ3) is 5.40. The Balaban J connectivity index is 1.34. The smallest absolute Gasteiger partial charge is 0.236 e. The summed E-state index contributed by atoms with van der Waals surface area (Å²) in [6.45, 7) is 0.522. The Labute approximate surface area is 152 Å². The summed E-state index contributed by atoms with van der Waals surface area (Å²) < 4.78 is 18.0. The van der Waals surface area contributed by atoms with E-state index in [1.54, 1.807) is 23.5 Å². The largest absolute Gasteiger partial charge is 0.355 e. The molecule has 3 rings (SSSR count). The molecule has 1 amide bonds. The third-order valence-electron chi connectivity index (χ3n) is 3.32. The first-order valence-electron chi connectivity index (χ1n) is 7.66. The number of amides is 1. The highest BCUT2D eigenvalue weighted by Gasteiger charge is 2.10. The number of nitrogens with one attached hydrogen (secondary N) is 1. The zero-order valence-corrected chi connectivity index (χ0v) is 14.9. The van der Waals surface area contributed by atoms with Crippen LogP contribution in [0.25, 0.3) is 10.7 Å². The molecule has 8 heteroatoms. The van der Waals surface area contributed by atoms with Crippen molar-refractivity contribution < 1.29 is 13.7 Å². The van der Waals surface area contributed by atoms with Gasteiger partial charge in [-0.05, 0) is 35.6 Å². The van der Waals surface area contributed by atoms with E-state index in [9.17, 15) is 9.18 Å². The first-order chi connectivity index (χ1) is 12.2. The van der Waals surface area contributed by atoms with Crippen molar-refractivity contribution in [2.24, 2.45) is 0 Å². The minimum absolute atomic E-state index is 0.0508. The number of hydrogen-bond donors (Lipinski definition) is 1. The second kappa shape index (κ2) is 8.77. The molecule has 0 radical (unpaired) electrons. The Morgan fingerprint density at radius 3 is 2.88 bits per heavy atom. The predicted molar refractivity (Wildman–Crippen MR) is 96.9 cm³/mol. The number of carbonyl (C=O) groups is 1. The number of nitrogens with zero attached hydrogens (tertiary/aromatic N) is 2. The van der Waals surface area contributed by atoms with Crippen LogP contribution < -0.4 is 5.32 Å². The topological polar surface area (TPSA) is 68.0 Å². The van der Waals surface area contributed by atoms with Crippen molar-refractivity contribution in [1.29, 1.82) is 0 Å². The molecule has 0 aliphatic rings. The number of hydrogen-bond acceptors (Lipinski definition) is 6. The van der Waals surface area contributed by atoms with Gasteiger partial charge in [-0.25, -0.2) is 4.39 Å². The summed E-state index contributed by atoms with van der Waals surface area (Å²) in [6, 6.07) is 10.1. The first kappa shape index (κ1) is 17.6. The van der Waals surface area contributed by atoms with Crippen LogP contribution in [0.2, 0.25) is 0 Å². The van der Waals surface area contributed by atoms with Crippen LogP contribution in [0.3, 0.4) is 0 Å². The van der Waals surface area contributed by atoms with E-state index >= 15 is 0 Å². The molecular formula is C17H16FN3O2S2. The second-order valence-electron chi connectivity index (χ2n) is 5.21. The van der Waals surface area contributed by atoms with Gasteiger partial charge in [0, 0.05) is 6.54 Å². The highest BCUT2D eigenvalue weighted by molar-refractivity contribution is 7.99. The van der Waals surface area contributed by atoms with Crippen molar-refractivity contribution in [1.82, 2.24) is 15.5 Å². The summed E-state index contributed by atoms with van der Waals surface area (Å²) in [4.78, 5) is 17.1. The molecule has 0 aliphatic heterocycles. The lowest BCUT2D eigenvalue weighted by atomic mass is 10.1. The van der Waals surface area contributed by atoms with Crippen LogP contribution in [-0.2, 0) is 17.0 Å². The van der Waals surface area contributed by atoms with Crippen LogP contribution in [-0.4, -0.2) is 28.3 Å². The number of rotatable bonds is 8. The number of aromatic nitrogens is 2. The van der Waals surface area contributed by atoms with Crippen molar-refractivity contribution in [2.75, 3.05) is 12.3 Å². The molecule has 0 bridgehead atoms. The molecule has 0 saturated carbocycles. The Morgan fingerprint density at radius 2 is 2.12 bits per heavy atom. The van der Waals surface area contributed by atoms with Gasteiger partial charge in [-0.2, -0.15) is 4.98 Å². The predicted octanol–water partition coefficient (Wildman–Crippen LogP) is 3.53. The average Bonchev–Trinajstić information content (AvgIpc) is 3.28. The lowest BCUT2D eigenvalue weighted by Crippen LogP contribution is -2.27. The van der Waals surface area contributed by atoms with E-state index in [2.05, 4.69) is 15.5 Å². The van der Waals surface area contributed by atoms with Gasteiger partial charge in [0.25, 0.3) is 0 Å². The Kier molecular flexibility index (Phi) is 6.19. The fourth-order valence-corrected chi connectivity index (χ4v) is 3.43. The van der Waals surface area contributed by atoms with E-state index in [1.165, 1.54) is 23.9 Å². The first-order valence-corrected chi connectivity index (χ1v) is 9.69. The van der Waals surface area contributed by atoms with E-state index in [0.29, 0.717) is 36.2 Å². The number of halogens is 1. The molecule has 0 unspecified atom stereocenters. The molecule has 1 aromatic carbocycles. The van der Waals surface area contributed by atoms with Gasteiger partial charge < -0.3 is 9.84 Å². The van der Waals surface area contributed by atoms with Gasteiger partial charge in [0.05, 0.1) is 16.4 Å². The average molecular weight is 377 g/mol. The molecule has 0 aliphatic carbocycles. The molecule has 5 nitrogen and oxygen atoms in total. The van der Waals surface area contributed by atoms with Crippen LogP contribution in [0.15, 0.2) is 46.3 Å². The minimum atomic E-state index is -0.257. The fraction of sp³-hybridized carbons (Fsp3) is 0.235. The molecule has 3 aromatic rings. The lowest BCUT2D eigenvalue weighted by molar-refractivity contribution is -0.118. The third-order valence-corrected chi connectivity index (χ3v) is 5.10. The van der Waals surface area contributed by atoms with Crippen LogP contribution >= 0.6 is 23.1 Å². The molecule has 0 saturated heterocycles. The van der Waals surface area contributed by atoms with Crippen molar-refractivity contribution in [3.8, 4) is 10.7 Å². The molecule has 1 N–H and O–H groups in total. The second-order valence-corrected chi connectivity index (χ2v) is 7.14. The van der Waals surface area contributed by atoms with Gasteiger partial charge in [-0.1, -0.05) is 23.4 Å². The molecule has 130 valence electrons. The van der Waals surface area contributed by atoms with Gasteiger partial charge in [0.15, 0.2) is 0 Å². The Hall–Kier alpha value is -2.19. The Morgan fingerprint density at radius 1 is 1.28 bits per heavy atom. The van der Waals surface area contributed by atoms with Crippen LogP contribution in [0.5, 0.6) is 0 Å². The minimum Gasteiger partial charge on any atom is -0.355 e. The highest BCUT2D eigenvalue weighted by atomic mass is 32.2. The van der Waals surface area contributed by atoms with Gasteiger partial charge in [-0.15, -0.1) is 23.1 Å². The monoisotopic (exact) mass is 377 g/mol. The van der Waals surface area contributed by atoms with Crippen LogP contribution in [0, 0.1) is 5.82 Å². The van der Waals surface area contributed by atoms with Crippen molar-refractivity contribution in [2.45, 2.75) is 12.2 Å². The molecule has 2 heterocycles. The van der Waals surface area contributed by atoms with E-state index < -0.39 is 0 Å². The molecule has 0 fully saturated rings. The lowest BCUT2D eigenvalue weighted by Gasteiger charge is -2.04. The summed E-state index contributed by atoms with van der Waals surface area (Å²) in [6.07, 6.45) is 0.671. The quantitative estimate of drug-likeness (QED) is 0.650. The number of benzene rings is 1. The van der Waals surface area contributed by atoms with Crippen molar-refractivity contribution in [3.63, 3.8) is 0 Å². The Bertz CT molecular complexity index is 804. The number of thiophene rings is 1. The van der Waals surface area contributed by atoms with E-state index in [4.69, 9.17) is 4.52 Å². The molecule has 2 aromatic heterocycles. The zero-order chi connectivity index (χ0) is 17.5. The molecule has 0 atom stereocenters. The molecule has 25 heavy (non-hydrogen) atoms. The van der Waals surface area contributed by atoms with Crippen LogP contribution in [0.4, 0.5) is 4.39 Å². The summed E-state index contributed by atoms with van der Waals surface area (Å²) in [5, 5.41) is 8.73. The van der Waals surface area contributed by atoms with E-state index in [0.717, 1.165) is 10.4 Å². The fourth-order valence-electron chi connectivity index (χ4n) is 2.10. The molecule has 0 spiro atoms. The van der Waals surface area contributed by atoms with Gasteiger partial charge in [0.1, 0.15) is 5.82 Å². The summed E-state index contributed by atoms with van der Waals surface area (Å²) in [5.74, 6) is 1.59. The normalized spacial score (nSPS) is 10.8. The van der Waals surface area contributed by atoms with Crippen molar-refractivity contribution in [3.05, 3.63) is 59.0 Å². The van der Waals surface area contributed by atoms with Gasteiger partial charge in [-0.3, -0.25) is 4.79 Å². The number of carbonyl (C=O) groups excluding carboxylic acids is 1. The van der Waals surface area contributed by atoms with Crippen molar-refractivity contribution >= 4 is 29.0 Å². The van der Waals surface area contributed by atoms with Crippen LogP contribution in [0.1, 0.15) is 11.5 Å². The molecular weight excluding hydrogens is 361 g/mol. The maximum Gasteiger partial charge on any atom is 0.236 e. The zero-order valence-electron chi connectivity index (χ0n) is 13.3. The maximum absolute atomic E-state index is 12.8. The van der Waals surface area contributed by atoms with Gasteiger partial charge in [0.2, 0.25) is 17.6 Å². The summed E-state index contributed by atoms with van der Waals surface area (Å²) >= 11 is 2.97. The number of thioether (sulfide) groups is 1. The maximum atomic E-state index is 12.8. The van der Waals surface area contributed by atoms with E-state index in [1.807, 2.05) is 17.5 Å². The SMILES string of the molecule is O=C(CSCc1nc(-c2cccs2)no1)NCCc1ccc(F)cc1. The summed E-state index contributed by atoms with van der Waals surface area (Å²) in [5.41, 5.74) is 0.987. The standard InChI is InChI=1S/C17H16FN3O2S2/c18-13-5-3-12(4-6-13)7-8-19-15(22)10-24-11-16-20-17(21-23-16)14-2-1-9-25-14/h1-6,9H,7-8,10-11H2,(H,19,22).